The van der Waals surface area contributed by atoms with E-state index in [1.165, 1.54) is 25.2 Å². The van der Waals surface area contributed by atoms with Gasteiger partial charge in [0, 0.05) is 19.3 Å². The first-order chi connectivity index (χ1) is 5.86. The van der Waals surface area contributed by atoms with Crippen LogP contribution in [0.15, 0.2) is 24.5 Å². The number of hydrogen-bond acceptors (Lipinski definition) is 2. The molecule has 0 radical (unpaired) electrons. The molecular weight excluding hydrogens is 148 g/mol. The molecule has 0 amide bonds. The van der Waals surface area contributed by atoms with Gasteiger partial charge in [0.05, 0.1) is 11.9 Å². The molecule has 1 aromatic rings. The topological polar surface area (TPSA) is 16.1 Å². The van der Waals surface area contributed by atoms with Crippen LogP contribution in [0.25, 0.3) is 0 Å². The standard InChI is InChI=1S/C10H14N2/c1-9-4-6-12(8-9)10-3-2-5-11-7-10/h2-3,5,7,9H,4,6,8H2,1H3/t9-/m1/s1. The van der Waals surface area contributed by atoms with Gasteiger partial charge in [-0.15, -0.1) is 0 Å². The van der Waals surface area contributed by atoms with E-state index in [-0.39, 0.29) is 0 Å². The van der Waals surface area contributed by atoms with Crippen molar-refractivity contribution in [2.45, 2.75) is 13.3 Å². The van der Waals surface area contributed by atoms with Crippen molar-refractivity contribution in [3.8, 4) is 0 Å². The molecule has 0 aliphatic carbocycles. The average molecular weight is 162 g/mol. The fourth-order valence-corrected chi connectivity index (χ4v) is 1.71. The highest BCUT2D eigenvalue weighted by Gasteiger charge is 2.18. The largest absolute Gasteiger partial charge is 0.370 e. The Kier molecular flexibility index (Phi) is 1.98. The van der Waals surface area contributed by atoms with E-state index in [0.29, 0.717) is 0 Å². The maximum Gasteiger partial charge on any atom is 0.0552 e. The van der Waals surface area contributed by atoms with Crippen LogP contribution in [-0.2, 0) is 0 Å². The Labute approximate surface area is 73.2 Å². The van der Waals surface area contributed by atoms with Crippen molar-refractivity contribution >= 4 is 5.69 Å². The summed E-state index contributed by atoms with van der Waals surface area (Å²) >= 11 is 0. The molecule has 0 unspecified atom stereocenters. The van der Waals surface area contributed by atoms with Crippen LogP contribution in [0.4, 0.5) is 5.69 Å². The van der Waals surface area contributed by atoms with Crippen molar-refractivity contribution in [1.29, 1.82) is 0 Å². The summed E-state index contributed by atoms with van der Waals surface area (Å²) in [5.41, 5.74) is 1.27. The summed E-state index contributed by atoms with van der Waals surface area (Å²) in [4.78, 5) is 6.51. The van der Waals surface area contributed by atoms with Crippen LogP contribution >= 0.6 is 0 Å². The zero-order valence-corrected chi connectivity index (χ0v) is 7.40. The Morgan fingerprint density at radius 1 is 1.58 bits per heavy atom. The van der Waals surface area contributed by atoms with Gasteiger partial charge in [0.15, 0.2) is 0 Å². The summed E-state index contributed by atoms with van der Waals surface area (Å²) in [7, 11) is 0. The lowest BCUT2D eigenvalue weighted by molar-refractivity contribution is 0.659. The van der Waals surface area contributed by atoms with Gasteiger partial charge in [-0.2, -0.15) is 0 Å². The molecule has 0 bridgehead atoms. The second kappa shape index (κ2) is 3.13. The number of rotatable bonds is 1. The molecule has 1 atom stereocenters. The van der Waals surface area contributed by atoms with Crippen LogP contribution in [0.1, 0.15) is 13.3 Å². The van der Waals surface area contributed by atoms with E-state index in [1.807, 2.05) is 18.5 Å². The van der Waals surface area contributed by atoms with Gasteiger partial charge in [0.2, 0.25) is 0 Å². The van der Waals surface area contributed by atoms with Crippen molar-refractivity contribution in [2.24, 2.45) is 5.92 Å². The second-order valence-electron chi connectivity index (χ2n) is 3.55. The monoisotopic (exact) mass is 162 g/mol. The van der Waals surface area contributed by atoms with Gasteiger partial charge < -0.3 is 4.90 Å². The minimum Gasteiger partial charge on any atom is -0.370 e. The Morgan fingerprint density at radius 3 is 3.08 bits per heavy atom. The predicted octanol–water partition coefficient (Wildman–Crippen LogP) is 1.93. The summed E-state index contributed by atoms with van der Waals surface area (Å²) < 4.78 is 0. The van der Waals surface area contributed by atoms with Crippen LogP contribution in [0, 0.1) is 5.92 Å². The van der Waals surface area contributed by atoms with E-state index < -0.39 is 0 Å². The lowest BCUT2D eigenvalue weighted by atomic mass is 10.2. The molecule has 2 rings (SSSR count). The first-order valence-electron chi connectivity index (χ1n) is 4.51. The lowest BCUT2D eigenvalue weighted by Crippen LogP contribution is -2.18. The highest BCUT2D eigenvalue weighted by molar-refractivity contribution is 5.44. The molecule has 1 aliphatic rings. The van der Waals surface area contributed by atoms with Gasteiger partial charge in [-0.1, -0.05) is 6.92 Å². The minimum absolute atomic E-state index is 0.838. The zero-order valence-electron chi connectivity index (χ0n) is 7.40. The van der Waals surface area contributed by atoms with Crippen LogP contribution in [-0.4, -0.2) is 18.1 Å². The number of hydrogen-bond donors (Lipinski definition) is 0. The average Bonchev–Trinajstić information content (AvgIpc) is 2.54. The highest BCUT2D eigenvalue weighted by atomic mass is 15.2. The number of nitrogens with zero attached hydrogens (tertiary/aromatic N) is 2. The molecule has 1 saturated heterocycles. The third-order valence-corrected chi connectivity index (χ3v) is 2.43. The Balaban J connectivity index is 2.11. The van der Waals surface area contributed by atoms with Crippen LogP contribution in [0.2, 0.25) is 0 Å². The lowest BCUT2D eigenvalue weighted by Gasteiger charge is -2.16. The quantitative estimate of drug-likeness (QED) is 0.627. The smallest absolute Gasteiger partial charge is 0.0552 e. The van der Waals surface area contributed by atoms with Crippen LogP contribution < -0.4 is 4.90 Å². The van der Waals surface area contributed by atoms with E-state index in [9.17, 15) is 0 Å². The van der Waals surface area contributed by atoms with Gasteiger partial charge in [-0.3, -0.25) is 4.98 Å². The molecule has 0 N–H and O–H groups in total. The van der Waals surface area contributed by atoms with Gasteiger partial charge in [0.25, 0.3) is 0 Å². The summed E-state index contributed by atoms with van der Waals surface area (Å²) in [6.07, 6.45) is 5.08. The van der Waals surface area contributed by atoms with E-state index >= 15 is 0 Å². The van der Waals surface area contributed by atoms with Crippen molar-refractivity contribution in [2.75, 3.05) is 18.0 Å². The van der Waals surface area contributed by atoms with Crippen molar-refractivity contribution in [3.05, 3.63) is 24.5 Å². The molecule has 0 saturated carbocycles. The minimum atomic E-state index is 0.838. The molecule has 1 aliphatic heterocycles. The third-order valence-electron chi connectivity index (χ3n) is 2.43. The molecule has 1 fully saturated rings. The zero-order chi connectivity index (χ0) is 8.39. The van der Waals surface area contributed by atoms with Gasteiger partial charge >= 0.3 is 0 Å². The van der Waals surface area contributed by atoms with E-state index in [1.54, 1.807) is 0 Å². The van der Waals surface area contributed by atoms with Crippen LogP contribution in [0.3, 0.4) is 0 Å². The van der Waals surface area contributed by atoms with Crippen LogP contribution in [0.5, 0.6) is 0 Å². The number of aromatic nitrogens is 1. The Hall–Kier alpha value is -1.05. The maximum atomic E-state index is 4.11. The van der Waals surface area contributed by atoms with E-state index in [2.05, 4.69) is 22.9 Å². The molecule has 1 aromatic heterocycles. The van der Waals surface area contributed by atoms with Crippen molar-refractivity contribution in [1.82, 2.24) is 4.98 Å². The number of pyridine rings is 1. The second-order valence-corrected chi connectivity index (χ2v) is 3.55. The molecule has 2 heterocycles. The van der Waals surface area contributed by atoms with Crippen molar-refractivity contribution in [3.63, 3.8) is 0 Å². The van der Waals surface area contributed by atoms with Gasteiger partial charge in [-0.05, 0) is 24.5 Å². The molecule has 2 heteroatoms. The fraction of sp³-hybridized carbons (Fsp3) is 0.500. The number of anilines is 1. The normalized spacial score (nSPS) is 23.1. The molecule has 0 spiro atoms. The summed E-state index contributed by atoms with van der Waals surface area (Å²) in [6, 6.07) is 4.13. The maximum absolute atomic E-state index is 4.11. The molecule has 0 aromatic carbocycles. The van der Waals surface area contributed by atoms with E-state index in [0.717, 1.165) is 5.92 Å². The molecule has 64 valence electrons. The third kappa shape index (κ3) is 1.42. The summed E-state index contributed by atoms with van der Waals surface area (Å²) in [5, 5.41) is 0. The first kappa shape index (κ1) is 7.59. The highest BCUT2D eigenvalue weighted by Crippen LogP contribution is 2.21. The molecule has 12 heavy (non-hydrogen) atoms. The fourth-order valence-electron chi connectivity index (χ4n) is 1.71. The first-order valence-corrected chi connectivity index (χ1v) is 4.51. The molecule has 2 nitrogen and oxygen atoms in total. The summed E-state index contributed by atoms with van der Waals surface area (Å²) in [6.45, 7) is 4.68. The van der Waals surface area contributed by atoms with Gasteiger partial charge in [0.1, 0.15) is 0 Å². The van der Waals surface area contributed by atoms with E-state index in [4.69, 9.17) is 0 Å². The molecular formula is C10H14N2. The van der Waals surface area contributed by atoms with Gasteiger partial charge in [-0.25, -0.2) is 0 Å². The van der Waals surface area contributed by atoms with Crippen molar-refractivity contribution < 1.29 is 0 Å². The predicted molar refractivity (Wildman–Crippen MR) is 50.2 cm³/mol. The SMILES string of the molecule is C[C@@H]1CCN(c2cccnc2)C1. The Bertz CT molecular complexity index is 245. The summed E-state index contributed by atoms with van der Waals surface area (Å²) in [5.74, 6) is 0.838. The Morgan fingerprint density at radius 2 is 2.50 bits per heavy atom.